The van der Waals surface area contributed by atoms with Gasteiger partial charge < -0.3 is 5.32 Å². The van der Waals surface area contributed by atoms with Gasteiger partial charge in [0.2, 0.25) is 5.91 Å². The van der Waals surface area contributed by atoms with Crippen molar-refractivity contribution in [2.75, 3.05) is 5.32 Å². The summed E-state index contributed by atoms with van der Waals surface area (Å²) in [4.78, 5) is 30.1. The van der Waals surface area contributed by atoms with E-state index in [-0.39, 0.29) is 18.0 Å². The predicted octanol–water partition coefficient (Wildman–Crippen LogP) is 4.04. The highest BCUT2D eigenvalue weighted by Crippen LogP contribution is 2.26. The van der Waals surface area contributed by atoms with E-state index < -0.39 is 0 Å². The van der Waals surface area contributed by atoms with Crippen molar-refractivity contribution in [3.8, 4) is 0 Å². The van der Waals surface area contributed by atoms with Crippen molar-refractivity contribution in [2.24, 2.45) is 0 Å². The molecule has 0 unspecified atom stereocenters. The molecule has 2 heterocycles. The molecule has 1 N–H and O–H groups in total. The average molecular weight is 425 g/mol. The fourth-order valence-electron chi connectivity index (χ4n) is 3.01. The molecule has 0 aliphatic carbocycles. The molecule has 0 aliphatic heterocycles. The van der Waals surface area contributed by atoms with Crippen molar-refractivity contribution in [1.82, 2.24) is 14.8 Å². The molecule has 6 nitrogen and oxygen atoms in total. The minimum atomic E-state index is -0.357. The van der Waals surface area contributed by atoms with Crippen molar-refractivity contribution < 1.29 is 4.79 Å². The first kappa shape index (κ1) is 19.3. The number of hydrogen-bond acceptors (Lipinski definition) is 5. The number of nitrogens with one attached hydrogen (secondary N) is 1. The number of carbonyl (C=O) groups excluding carboxylic acids is 1. The number of fused-ring (bicyclic) bond motifs is 1. The van der Waals surface area contributed by atoms with E-state index in [0.29, 0.717) is 16.9 Å². The Bertz CT molecular complexity index is 1270. The Morgan fingerprint density at radius 1 is 1.17 bits per heavy atom. The summed E-state index contributed by atoms with van der Waals surface area (Å²) < 4.78 is 1.15. The van der Waals surface area contributed by atoms with Crippen LogP contribution >= 0.6 is 22.9 Å². The van der Waals surface area contributed by atoms with Crippen LogP contribution in [0, 0.1) is 6.92 Å². The number of anilines is 1. The average Bonchev–Trinajstić information content (AvgIpc) is 3.14. The van der Waals surface area contributed by atoms with Gasteiger partial charge in [-0.05, 0) is 24.1 Å². The molecule has 0 atom stereocenters. The van der Waals surface area contributed by atoms with Crippen molar-refractivity contribution >= 4 is 44.7 Å². The summed E-state index contributed by atoms with van der Waals surface area (Å²) in [6, 6.07) is 13.1. The van der Waals surface area contributed by atoms with Gasteiger partial charge in [0.05, 0.1) is 11.6 Å². The number of amides is 1. The Balaban J connectivity index is 1.45. The number of aryl methyl sites for hydroxylation is 1. The van der Waals surface area contributed by atoms with E-state index in [1.165, 1.54) is 11.3 Å². The standard InChI is InChI=1S/C21H17ClN4O2S/c1-13-5-4-7-14(19(13)22)9-16-11-23-21(29-16)25-18(27)12-26-20(28)17-8-3-2-6-15(17)10-24-26/h2-8,10-11H,9,12H2,1H3,(H,23,25,27). The van der Waals surface area contributed by atoms with Crippen LogP contribution in [-0.2, 0) is 17.8 Å². The summed E-state index contributed by atoms with van der Waals surface area (Å²) in [5.74, 6) is -0.357. The van der Waals surface area contributed by atoms with E-state index in [1.54, 1.807) is 24.5 Å². The van der Waals surface area contributed by atoms with E-state index >= 15 is 0 Å². The van der Waals surface area contributed by atoms with E-state index in [4.69, 9.17) is 11.6 Å². The first-order valence-corrected chi connectivity index (χ1v) is 10.1. The molecule has 4 rings (SSSR count). The molecule has 0 spiro atoms. The van der Waals surface area contributed by atoms with E-state index in [9.17, 15) is 9.59 Å². The molecule has 0 radical (unpaired) electrons. The second kappa shape index (κ2) is 8.14. The van der Waals surface area contributed by atoms with Crippen molar-refractivity contribution in [1.29, 1.82) is 0 Å². The van der Waals surface area contributed by atoms with Crippen LogP contribution in [0.3, 0.4) is 0 Å². The summed E-state index contributed by atoms with van der Waals surface area (Å²) in [7, 11) is 0. The summed E-state index contributed by atoms with van der Waals surface area (Å²) in [5.41, 5.74) is 1.74. The third-order valence-corrected chi connectivity index (χ3v) is 5.95. The summed E-state index contributed by atoms with van der Waals surface area (Å²) >= 11 is 7.73. The van der Waals surface area contributed by atoms with Gasteiger partial charge in [0.1, 0.15) is 6.54 Å². The van der Waals surface area contributed by atoms with Crippen molar-refractivity contribution in [3.63, 3.8) is 0 Å². The first-order valence-electron chi connectivity index (χ1n) is 8.94. The highest BCUT2D eigenvalue weighted by molar-refractivity contribution is 7.15. The lowest BCUT2D eigenvalue weighted by atomic mass is 10.1. The number of aromatic nitrogens is 3. The van der Waals surface area contributed by atoms with Gasteiger partial charge in [-0.15, -0.1) is 11.3 Å². The Morgan fingerprint density at radius 2 is 2.00 bits per heavy atom. The van der Waals surface area contributed by atoms with Crippen LogP contribution in [0.1, 0.15) is 16.0 Å². The number of benzene rings is 2. The third-order valence-electron chi connectivity index (χ3n) is 4.49. The van der Waals surface area contributed by atoms with Crippen LogP contribution in [0.25, 0.3) is 10.8 Å². The van der Waals surface area contributed by atoms with Gasteiger partial charge in [-0.2, -0.15) is 5.10 Å². The minimum Gasteiger partial charge on any atom is -0.300 e. The van der Waals surface area contributed by atoms with E-state index in [1.807, 2.05) is 37.3 Å². The Labute approximate surface area is 175 Å². The van der Waals surface area contributed by atoms with Gasteiger partial charge in [-0.1, -0.05) is 48.0 Å². The second-order valence-corrected chi connectivity index (χ2v) is 8.09. The van der Waals surface area contributed by atoms with E-state index in [2.05, 4.69) is 15.4 Å². The number of hydrogen-bond donors (Lipinski definition) is 1. The van der Waals surface area contributed by atoms with Gasteiger partial charge in [-0.3, -0.25) is 9.59 Å². The molecule has 29 heavy (non-hydrogen) atoms. The van der Waals surface area contributed by atoms with Crippen LogP contribution < -0.4 is 10.9 Å². The topological polar surface area (TPSA) is 76.9 Å². The van der Waals surface area contributed by atoms with Crippen molar-refractivity contribution in [3.05, 3.63) is 86.2 Å². The summed E-state index contributed by atoms with van der Waals surface area (Å²) in [6.45, 7) is 1.79. The van der Waals surface area contributed by atoms with Gasteiger partial charge in [-0.25, -0.2) is 9.67 Å². The largest absolute Gasteiger partial charge is 0.300 e. The number of halogens is 1. The molecule has 2 aromatic carbocycles. The number of nitrogens with zero attached hydrogens (tertiary/aromatic N) is 3. The predicted molar refractivity (Wildman–Crippen MR) is 116 cm³/mol. The monoisotopic (exact) mass is 424 g/mol. The highest BCUT2D eigenvalue weighted by atomic mass is 35.5. The van der Waals surface area contributed by atoms with Gasteiger partial charge in [0, 0.05) is 27.9 Å². The Morgan fingerprint density at radius 3 is 2.86 bits per heavy atom. The molecule has 0 saturated heterocycles. The molecule has 2 aromatic heterocycles. The maximum absolute atomic E-state index is 12.5. The Hall–Kier alpha value is -3.03. The van der Waals surface area contributed by atoms with Gasteiger partial charge >= 0.3 is 0 Å². The fraction of sp³-hybridized carbons (Fsp3) is 0.143. The quantitative estimate of drug-likeness (QED) is 0.524. The number of carbonyl (C=O) groups is 1. The normalized spacial score (nSPS) is 11.0. The molecular formula is C21H17ClN4O2S. The maximum Gasteiger partial charge on any atom is 0.275 e. The van der Waals surface area contributed by atoms with Crippen molar-refractivity contribution in [2.45, 2.75) is 19.9 Å². The minimum absolute atomic E-state index is 0.178. The van der Waals surface area contributed by atoms with Crippen LogP contribution in [0.5, 0.6) is 0 Å². The second-order valence-electron chi connectivity index (χ2n) is 6.60. The van der Waals surface area contributed by atoms with Gasteiger partial charge in [0.15, 0.2) is 5.13 Å². The number of thiazole rings is 1. The summed E-state index contributed by atoms with van der Waals surface area (Å²) in [5, 5.41) is 9.30. The third kappa shape index (κ3) is 4.21. The van der Waals surface area contributed by atoms with E-state index in [0.717, 1.165) is 31.1 Å². The van der Waals surface area contributed by atoms with Crippen LogP contribution in [0.4, 0.5) is 5.13 Å². The lowest BCUT2D eigenvalue weighted by Gasteiger charge is -2.06. The maximum atomic E-state index is 12.5. The zero-order chi connectivity index (χ0) is 20.4. The molecule has 4 aromatic rings. The number of rotatable bonds is 5. The first-order chi connectivity index (χ1) is 14.0. The van der Waals surface area contributed by atoms with Crippen LogP contribution in [-0.4, -0.2) is 20.7 Å². The Kier molecular flexibility index (Phi) is 5.42. The highest BCUT2D eigenvalue weighted by Gasteiger charge is 2.12. The molecule has 8 heteroatoms. The lowest BCUT2D eigenvalue weighted by Crippen LogP contribution is -2.29. The summed E-state index contributed by atoms with van der Waals surface area (Å²) in [6.07, 6.45) is 3.94. The molecular weight excluding hydrogens is 408 g/mol. The van der Waals surface area contributed by atoms with Crippen LogP contribution in [0.2, 0.25) is 5.02 Å². The zero-order valence-electron chi connectivity index (χ0n) is 15.6. The smallest absolute Gasteiger partial charge is 0.275 e. The molecule has 0 bridgehead atoms. The molecule has 0 fully saturated rings. The molecule has 0 aliphatic rings. The molecule has 1 amide bonds. The lowest BCUT2D eigenvalue weighted by molar-refractivity contribution is -0.117. The SMILES string of the molecule is Cc1cccc(Cc2cnc(NC(=O)Cn3ncc4ccccc4c3=O)s2)c1Cl. The zero-order valence-corrected chi connectivity index (χ0v) is 17.1. The fourth-order valence-corrected chi connectivity index (χ4v) is 4.06. The molecule has 146 valence electrons. The van der Waals surface area contributed by atoms with Crippen LogP contribution in [0.15, 0.2) is 59.7 Å². The van der Waals surface area contributed by atoms with Gasteiger partial charge in [0.25, 0.3) is 5.56 Å². The molecule has 0 saturated carbocycles.